The van der Waals surface area contributed by atoms with Gasteiger partial charge in [-0.1, -0.05) is 25.1 Å². The standard InChI is InChI=1S/C12H14O4S2/c1-7-10(12(13)14)17-9-6-4-3-5-8(9)11(7)18(2,15)16/h3-7,10-11H,1-2H3,(H,13,14)/t7-,10-,11?/m1/s1. The molecular formula is C12H14O4S2. The van der Waals surface area contributed by atoms with Crippen LogP contribution >= 0.6 is 11.8 Å². The van der Waals surface area contributed by atoms with E-state index in [1.165, 1.54) is 18.0 Å². The number of thioether (sulfide) groups is 1. The smallest absolute Gasteiger partial charge is 0.317 e. The van der Waals surface area contributed by atoms with Gasteiger partial charge in [0.1, 0.15) is 5.25 Å². The number of carbonyl (C=O) groups is 1. The van der Waals surface area contributed by atoms with Gasteiger partial charge in [0.2, 0.25) is 0 Å². The maximum Gasteiger partial charge on any atom is 0.317 e. The van der Waals surface area contributed by atoms with Crippen LogP contribution in [0.2, 0.25) is 0 Å². The zero-order valence-electron chi connectivity index (χ0n) is 10.0. The molecule has 0 aliphatic carbocycles. The molecule has 98 valence electrons. The van der Waals surface area contributed by atoms with Crippen molar-refractivity contribution in [3.05, 3.63) is 29.8 Å². The summed E-state index contributed by atoms with van der Waals surface area (Å²) < 4.78 is 23.9. The van der Waals surface area contributed by atoms with E-state index in [1.807, 2.05) is 0 Å². The van der Waals surface area contributed by atoms with Crippen molar-refractivity contribution < 1.29 is 18.3 Å². The van der Waals surface area contributed by atoms with E-state index in [2.05, 4.69) is 0 Å². The molecule has 0 aromatic heterocycles. The summed E-state index contributed by atoms with van der Waals surface area (Å²) in [5.41, 5.74) is 0.718. The number of aliphatic carboxylic acids is 1. The topological polar surface area (TPSA) is 71.4 Å². The Labute approximate surface area is 110 Å². The quantitative estimate of drug-likeness (QED) is 0.900. The minimum absolute atomic E-state index is 0.447. The number of hydrogen-bond donors (Lipinski definition) is 1. The molecule has 1 aromatic rings. The highest BCUT2D eigenvalue weighted by atomic mass is 32.2. The van der Waals surface area contributed by atoms with E-state index in [0.29, 0.717) is 0 Å². The van der Waals surface area contributed by atoms with Crippen LogP contribution in [0.5, 0.6) is 0 Å². The van der Waals surface area contributed by atoms with Gasteiger partial charge in [0.25, 0.3) is 0 Å². The van der Waals surface area contributed by atoms with Gasteiger partial charge in [0.15, 0.2) is 9.84 Å². The highest BCUT2D eigenvalue weighted by Crippen LogP contribution is 2.47. The van der Waals surface area contributed by atoms with E-state index in [0.717, 1.165) is 10.5 Å². The molecule has 0 bridgehead atoms. The number of fused-ring (bicyclic) bond motifs is 1. The van der Waals surface area contributed by atoms with Gasteiger partial charge in [-0.2, -0.15) is 0 Å². The van der Waals surface area contributed by atoms with Crippen LogP contribution in [0, 0.1) is 5.92 Å². The van der Waals surface area contributed by atoms with E-state index in [9.17, 15) is 18.3 Å². The second kappa shape index (κ2) is 4.59. The minimum atomic E-state index is -3.33. The summed E-state index contributed by atoms with van der Waals surface area (Å²) in [5.74, 6) is -1.41. The molecule has 0 radical (unpaired) electrons. The second-order valence-corrected chi connectivity index (χ2v) is 7.87. The first-order valence-corrected chi connectivity index (χ1v) is 8.33. The summed E-state index contributed by atoms with van der Waals surface area (Å²) in [6, 6.07) is 7.12. The molecule has 1 N–H and O–H groups in total. The SMILES string of the molecule is C[C@H]1C(S(C)(=O)=O)c2ccccc2S[C@H]1C(=O)O. The molecule has 0 fully saturated rings. The van der Waals surface area contributed by atoms with E-state index < -0.39 is 32.2 Å². The lowest BCUT2D eigenvalue weighted by Crippen LogP contribution is -2.35. The Balaban J connectivity index is 2.60. The molecular weight excluding hydrogens is 272 g/mol. The maximum atomic E-state index is 11.9. The first kappa shape index (κ1) is 13.4. The Kier molecular flexibility index (Phi) is 3.42. The maximum absolute atomic E-state index is 11.9. The minimum Gasteiger partial charge on any atom is -0.480 e. The van der Waals surface area contributed by atoms with Crippen molar-refractivity contribution in [2.75, 3.05) is 6.26 Å². The average Bonchev–Trinajstić information content (AvgIpc) is 2.25. The van der Waals surface area contributed by atoms with Crippen LogP contribution < -0.4 is 0 Å². The van der Waals surface area contributed by atoms with Crippen molar-refractivity contribution in [3.63, 3.8) is 0 Å². The number of sulfone groups is 1. The summed E-state index contributed by atoms with van der Waals surface area (Å²) in [7, 11) is -3.33. The number of rotatable bonds is 2. The molecule has 1 aliphatic heterocycles. The summed E-state index contributed by atoms with van der Waals surface area (Å²) in [6.45, 7) is 1.69. The van der Waals surface area contributed by atoms with Gasteiger partial charge in [-0.05, 0) is 17.5 Å². The average molecular weight is 286 g/mol. The van der Waals surface area contributed by atoms with E-state index >= 15 is 0 Å². The third-order valence-corrected chi connectivity index (χ3v) is 6.26. The van der Waals surface area contributed by atoms with E-state index in [4.69, 9.17) is 0 Å². The lowest BCUT2D eigenvalue weighted by Gasteiger charge is -2.33. The van der Waals surface area contributed by atoms with Gasteiger partial charge in [-0.15, -0.1) is 11.8 Å². The van der Waals surface area contributed by atoms with Crippen LogP contribution in [-0.4, -0.2) is 31.0 Å². The van der Waals surface area contributed by atoms with Crippen molar-refractivity contribution in [2.24, 2.45) is 5.92 Å². The largest absolute Gasteiger partial charge is 0.480 e. The Morgan fingerprint density at radius 1 is 1.33 bits per heavy atom. The Bertz CT molecular complexity index is 579. The number of hydrogen-bond acceptors (Lipinski definition) is 4. The molecule has 0 saturated carbocycles. The molecule has 0 amide bonds. The molecule has 0 saturated heterocycles. The predicted octanol–water partition coefficient (Wildman–Crippen LogP) is 1.97. The van der Waals surface area contributed by atoms with Crippen LogP contribution in [0.1, 0.15) is 17.7 Å². The first-order valence-electron chi connectivity index (χ1n) is 5.49. The van der Waals surface area contributed by atoms with Crippen LogP contribution in [0.4, 0.5) is 0 Å². The third kappa shape index (κ3) is 2.27. The molecule has 1 aliphatic rings. The summed E-state index contributed by atoms with van der Waals surface area (Å²) in [5, 5.41) is 7.74. The highest BCUT2D eigenvalue weighted by molar-refractivity contribution is 8.01. The zero-order valence-corrected chi connectivity index (χ0v) is 11.7. The van der Waals surface area contributed by atoms with Crippen LogP contribution in [0.3, 0.4) is 0 Å². The third-order valence-electron chi connectivity index (χ3n) is 3.14. The predicted molar refractivity (Wildman–Crippen MR) is 70.5 cm³/mol. The summed E-state index contributed by atoms with van der Waals surface area (Å²) in [4.78, 5) is 12.0. The monoisotopic (exact) mass is 286 g/mol. The van der Waals surface area contributed by atoms with Gasteiger partial charge in [-0.3, -0.25) is 4.79 Å². The molecule has 1 heterocycles. The number of benzene rings is 1. The van der Waals surface area contributed by atoms with Crippen molar-refractivity contribution in [1.82, 2.24) is 0 Å². The molecule has 18 heavy (non-hydrogen) atoms. The highest BCUT2D eigenvalue weighted by Gasteiger charge is 2.43. The van der Waals surface area contributed by atoms with Gasteiger partial charge in [-0.25, -0.2) is 8.42 Å². The molecule has 1 unspecified atom stereocenters. The lowest BCUT2D eigenvalue weighted by molar-refractivity contribution is -0.137. The second-order valence-electron chi connectivity index (χ2n) is 4.52. The van der Waals surface area contributed by atoms with E-state index in [-0.39, 0.29) is 0 Å². The summed E-state index contributed by atoms with van der Waals surface area (Å²) in [6.07, 6.45) is 1.17. The molecule has 4 nitrogen and oxygen atoms in total. The van der Waals surface area contributed by atoms with Crippen LogP contribution in [0.25, 0.3) is 0 Å². The molecule has 2 rings (SSSR count). The van der Waals surface area contributed by atoms with Crippen molar-refractivity contribution >= 4 is 27.6 Å². The zero-order chi connectivity index (χ0) is 13.5. The van der Waals surface area contributed by atoms with Gasteiger partial charge >= 0.3 is 5.97 Å². The van der Waals surface area contributed by atoms with Gasteiger partial charge in [0.05, 0.1) is 5.25 Å². The lowest BCUT2D eigenvalue weighted by atomic mass is 9.96. The molecule has 1 aromatic carbocycles. The first-order chi connectivity index (χ1) is 8.32. The fourth-order valence-corrected chi connectivity index (χ4v) is 5.42. The number of carboxylic acids is 1. The van der Waals surface area contributed by atoms with Crippen molar-refractivity contribution in [3.8, 4) is 0 Å². The van der Waals surface area contributed by atoms with Crippen molar-refractivity contribution in [2.45, 2.75) is 22.3 Å². The Morgan fingerprint density at radius 3 is 2.50 bits per heavy atom. The normalized spacial score (nSPS) is 27.6. The molecule has 3 atom stereocenters. The molecule has 6 heteroatoms. The van der Waals surface area contributed by atoms with Crippen molar-refractivity contribution in [1.29, 1.82) is 0 Å². The summed E-state index contributed by atoms with van der Waals surface area (Å²) >= 11 is 1.23. The van der Waals surface area contributed by atoms with E-state index in [1.54, 1.807) is 31.2 Å². The van der Waals surface area contributed by atoms with Crippen LogP contribution in [0.15, 0.2) is 29.2 Å². The molecule has 0 spiro atoms. The Hall–Kier alpha value is -1.01. The Morgan fingerprint density at radius 2 is 1.94 bits per heavy atom. The van der Waals surface area contributed by atoms with Gasteiger partial charge in [0, 0.05) is 11.2 Å². The van der Waals surface area contributed by atoms with Crippen LogP contribution in [-0.2, 0) is 14.6 Å². The number of carboxylic acid groups (broad SMARTS) is 1. The fourth-order valence-electron chi connectivity index (χ4n) is 2.40. The fraction of sp³-hybridized carbons (Fsp3) is 0.417. The van der Waals surface area contributed by atoms with Gasteiger partial charge < -0.3 is 5.11 Å².